The molecule has 5 heterocycles. The lowest BCUT2D eigenvalue weighted by atomic mass is 10.1. The van der Waals surface area contributed by atoms with E-state index >= 15 is 0 Å². The van der Waals surface area contributed by atoms with E-state index < -0.39 is 0 Å². The van der Waals surface area contributed by atoms with E-state index in [-0.39, 0.29) is 11.9 Å². The van der Waals surface area contributed by atoms with Crippen molar-refractivity contribution < 1.29 is 9.53 Å². The first-order chi connectivity index (χ1) is 17.5. The molecule has 0 aliphatic carbocycles. The molecule has 5 rings (SSSR count). The lowest BCUT2D eigenvalue weighted by Crippen LogP contribution is -2.18. The Morgan fingerprint density at radius 2 is 2.11 bits per heavy atom. The molecule has 4 aromatic rings. The van der Waals surface area contributed by atoms with Gasteiger partial charge in [-0.15, -0.1) is 10.2 Å². The molecule has 0 radical (unpaired) electrons. The zero-order valence-corrected chi connectivity index (χ0v) is 20.6. The van der Waals surface area contributed by atoms with Crippen molar-refractivity contribution >= 4 is 11.7 Å². The van der Waals surface area contributed by atoms with Crippen LogP contribution in [0.3, 0.4) is 0 Å². The zero-order chi connectivity index (χ0) is 25.1. The number of carbonyl (C=O) groups excluding carboxylic acids is 1. The lowest BCUT2D eigenvalue weighted by Gasteiger charge is -2.17. The smallest absolute Gasteiger partial charge is 0.262 e. The molecule has 1 amide bonds. The molecule has 11 heteroatoms. The molecular weight excluding hydrogens is 458 g/mol. The van der Waals surface area contributed by atoms with E-state index in [1.54, 1.807) is 30.9 Å². The van der Waals surface area contributed by atoms with Crippen LogP contribution in [-0.2, 0) is 6.54 Å². The third-order valence-corrected chi connectivity index (χ3v) is 6.11. The van der Waals surface area contributed by atoms with Crippen LogP contribution in [0.5, 0.6) is 5.88 Å². The molecule has 36 heavy (non-hydrogen) atoms. The molecule has 1 unspecified atom stereocenters. The van der Waals surface area contributed by atoms with Gasteiger partial charge in [0.15, 0.2) is 5.82 Å². The molecule has 0 aromatic carbocycles. The SMILES string of the molecule is CC1CCCOc2ncc(-c3cnn(CCN(C)C)c3)cc2C(=O)Nc2cccc(n2)-c2nncn21. The first-order valence-electron chi connectivity index (χ1n) is 12.0. The molecule has 0 saturated carbocycles. The highest BCUT2D eigenvalue weighted by Crippen LogP contribution is 2.27. The van der Waals surface area contributed by atoms with Gasteiger partial charge in [-0.3, -0.25) is 9.48 Å². The van der Waals surface area contributed by atoms with Crippen molar-refractivity contribution in [1.82, 2.24) is 39.4 Å². The Bertz CT molecular complexity index is 1360. The van der Waals surface area contributed by atoms with Crippen molar-refractivity contribution in [3.63, 3.8) is 0 Å². The number of anilines is 1. The van der Waals surface area contributed by atoms with Gasteiger partial charge in [0.2, 0.25) is 5.88 Å². The zero-order valence-electron chi connectivity index (χ0n) is 20.6. The molecule has 11 nitrogen and oxygen atoms in total. The highest BCUT2D eigenvalue weighted by Gasteiger charge is 2.20. The van der Waals surface area contributed by atoms with Gasteiger partial charge in [0.05, 0.1) is 19.3 Å². The van der Waals surface area contributed by atoms with Crippen molar-refractivity contribution in [2.45, 2.75) is 32.4 Å². The average Bonchev–Trinajstić information content (AvgIpc) is 3.55. The second kappa shape index (κ2) is 10.2. The van der Waals surface area contributed by atoms with Crippen LogP contribution in [0.2, 0.25) is 0 Å². The largest absolute Gasteiger partial charge is 0.477 e. The summed E-state index contributed by atoms with van der Waals surface area (Å²) < 4.78 is 9.86. The summed E-state index contributed by atoms with van der Waals surface area (Å²) in [4.78, 5) is 24.6. The Balaban J connectivity index is 1.47. The molecule has 186 valence electrons. The summed E-state index contributed by atoms with van der Waals surface area (Å²) in [6.07, 6.45) is 8.78. The summed E-state index contributed by atoms with van der Waals surface area (Å²) in [5.41, 5.74) is 2.65. The number of hydrogen-bond donors (Lipinski definition) is 1. The van der Waals surface area contributed by atoms with E-state index in [9.17, 15) is 4.79 Å². The number of ether oxygens (including phenoxy) is 1. The van der Waals surface area contributed by atoms with E-state index in [4.69, 9.17) is 4.74 Å². The van der Waals surface area contributed by atoms with E-state index in [0.717, 1.165) is 37.1 Å². The minimum Gasteiger partial charge on any atom is -0.477 e. The number of aromatic nitrogens is 7. The van der Waals surface area contributed by atoms with E-state index in [2.05, 4.69) is 42.4 Å². The van der Waals surface area contributed by atoms with Gasteiger partial charge in [-0.05, 0) is 52.1 Å². The topological polar surface area (TPSA) is 116 Å². The van der Waals surface area contributed by atoms with Gasteiger partial charge >= 0.3 is 0 Å². The van der Waals surface area contributed by atoms with Crippen molar-refractivity contribution in [2.75, 3.05) is 32.6 Å². The molecule has 1 N–H and O–H groups in total. The van der Waals surface area contributed by atoms with Crippen LogP contribution in [0.25, 0.3) is 22.6 Å². The van der Waals surface area contributed by atoms with Crippen LogP contribution in [0.4, 0.5) is 5.82 Å². The Kier molecular flexibility index (Phi) is 6.72. The normalized spacial score (nSPS) is 16.0. The van der Waals surface area contributed by atoms with Crippen LogP contribution >= 0.6 is 0 Å². The van der Waals surface area contributed by atoms with Gasteiger partial charge in [-0.25, -0.2) is 9.97 Å². The summed E-state index contributed by atoms with van der Waals surface area (Å²) in [5.74, 6) is 1.01. The van der Waals surface area contributed by atoms with Gasteiger partial charge in [-0.1, -0.05) is 6.07 Å². The highest BCUT2D eigenvalue weighted by atomic mass is 16.5. The van der Waals surface area contributed by atoms with Gasteiger partial charge in [0.25, 0.3) is 5.91 Å². The minimum atomic E-state index is -0.351. The number of rotatable bonds is 4. The predicted molar refractivity (Wildman–Crippen MR) is 135 cm³/mol. The van der Waals surface area contributed by atoms with E-state index in [1.807, 2.05) is 41.7 Å². The number of nitrogens with zero attached hydrogens (tertiary/aromatic N) is 8. The monoisotopic (exact) mass is 487 g/mol. The number of amides is 1. The lowest BCUT2D eigenvalue weighted by molar-refractivity contribution is 0.102. The van der Waals surface area contributed by atoms with Crippen LogP contribution in [0.15, 0.2) is 49.2 Å². The van der Waals surface area contributed by atoms with Crippen molar-refractivity contribution in [3.05, 3.63) is 54.7 Å². The molecule has 0 saturated heterocycles. The maximum atomic E-state index is 13.4. The number of hydrogen-bond acceptors (Lipinski definition) is 8. The fourth-order valence-electron chi connectivity index (χ4n) is 4.07. The van der Waals surface area contributed by atoms with Gasteiger partial charge in [-0.2, -0.15) is 5.10 Å². The van der Waals surface area contributed by atoms with Crippen LogP contribution < -0.4 is 10.1 Å². The quantitative estimate of drug-likeness (QED) is 0.467. The van der Waals surface area contributed by atoms with Crippen LogP contribution in [-0.4, -0.2) is 72.6 Å². The first-order valence-corrected chi connectivity index (χ1v) is 12.0. The van der Waals surface area contributed by atoms with Gasteiger partial charge in [0, 0.05) is 36.1 Å². The maximum Gasteiger partial charge on any atom is 0.262 e. The third kappa shape index (κ3) is 5.10. The number of nitrogens with one attached hydrogen (secondary N) is 1. The van der Waals surface area contributed by atoms with Gasteiger partial charge in [0.1, 0.15) is 23.4 Å². The minimum absolute atomic E-state index is 0.153. The molecule has 2 bridgehead atoms. The van der Waals surface area contributed by atoms with E-state index in [0.29, 0.717) is 35.4 Å². The maximum absolute atomic E-state index is 13.4. The fourth-order valence-corrected chi connectivity index (χ4v) is 4.07. The van der Waals surface area contributed by atoms with Gasteiger partial charge < -0.3 is 19.5 Å². The molecule has 0 spiro atoms. The van der Waals surface area contributed by atoms with Crippen LogP contribution in [0, 0.1) is 0 Å². The van der Waals surface area contributed by atoms with Crippen molar-refractivity contribution in [3.8, 4) is 28.5 Å². The Morgan fingerprint density at radius 1 is 1.22 bits per heavy atom. The predicted octanol–water partition coefficient (Wildman–Crippen LogP) is 3.15. The van der Waals surface area contributed by atoms with Crippen molar-refractivity contribution in [2.24, 2.45) is 0 Å². The fraction of sp³-hybridized carbons (Fsp3) is 0.360. The molecule has 4 aromatic heterocycles. The Morgan fingerprint density at radius 3 is 2.97 bits per heavy atom. The second-order valence-corrected chi connectivity index (χ2v) is 9.14. The summed E-state index contributed by atoms with van der Waals surface area (Å²) in [7, 11) is 4.05. The second-order valence-electron chi connectivity index (χ2n) is 9.14. The third-order valence-electron chi connectivity index (χ3n) is 6.11. The molecule has 1 atom stereocenters. The van der Waals surface area contributed by atoms with E-state index in [1.165, 1.54) is 0 Å². The standard InChI is InChI=1S/C25H29N9O2/c1-17-6-5-11-36-25-20(12-18(13-26-25)19-14-28-33(15-19)10-9-32(2)3)24(35)30-22-8-4-7-21(29-22)23-31-27-16-34(17)23/h4,7-8,12-17H,5-6,9-11H2,1-3H3,(H,29,30,35). The highest BCUT2D eigenvalue weighted by molar-refractivity contribution is 6.06. The summed E-state index contributed by atoms with van der Waals surface area (Å²) in [6, 6.07) is 7.38. The summed E-state index contributed by atoms with van der Waals surface area (Å²) >= 11 is 0. The number of fused-ring (bicyclic) bond motifs is 5. The summed E-state index contributed by atoms with van der Waals surface area (Å²) in [5, 5.41) is 15.7. The Labute approximate surface area is 209 Å². The Hall–Kier alpha value is -4.12. The molecular formula is C25H29N9O2. The average molecular weight is 488 g/mol. The number of pyridine rings is 2. The summed E-state index contributed by atoms with van der Waals surface area (Å²) in [6.45, 7) is 4.19. The number of carbonyl (C=O) groups is 1. The molecule has 1 aliphatic heterocycles. The van der Waals surface area contributed by atoms with Crippen LogP contribution in [0.1, 0.15) is 36.2 Å². The molecule has 0 fully saturated rings. The van der Waals surface area contributed by atoms with Crippen molar-refractivity contribution in [1.29, 1.82) is 0 Å². The molecule has 1 aliphatic rings. The number of likely N-dealkylation sites (N-methyl/N-ethyl adjacent to an activating group) is 1. The first kappa shape index (κ1) is 23.6.